The normalized spacial score (nSPS) is 12.5. The summed E-state index contributed by atoms with van der Waals surface area (Å²) in [4.78, 5) is 4.23. The van der Waals surface area contributed by atoms with Gasteiger partial charge in [0, 0.05) is 0 Å². The van der Waals surface area contributed by atoms with E-state index in [4.69, 9.17) is 8.94 Å². The molecule has 0 spiro atoms. The minimum Gasteiger partial charge on any atom is -0.424 e. The molecule has 0 aliphatic rings. The lowest BCUT2D eigenvalue weighted by atomic mass is 10.1. The molecule has 6 nitrogen and oxygen atoms in total. The van der Waals surface area contributed by atoms with E-state index in [0.717, 1.165) is 0 Å². The van der Waals surface area contributed by atoms with E-state index in [-0.39, 0.29) is 5.25 Å². The lowest BCUT2D eigenvalue weighted by molar-refractivity contribution is 0.376. The second-order valence-electron chi connectivity index (χ2n) is 5.33. The van der Waals surface area contributed by atoms with Crippen LogP contribution >= 0.6 is 11.8 Å². The quantitative estimate of drug-likeness (QED) is 0.682. The van der Waals surface area contributed by atoms with Gasteiger partial charge in [0.05, 0.1) is 17.4 Å². The van der Waals surface area contributed by atoms with E-state index in [2.05, 4.69) is 39.4 Å². The van der Waals surface area contributed by atoms with Gasteiger partial charge in [-0.25, -0.2) is 0 Å². The molecule has 2 aromatic heterocycles. The lowest BCUT2D eigenvalue weighted by Crippen LogP contribution is -1.91. The summed E-state index contributed by atoms with van der Waals surface area (Å²) in [6.07, 6.45) is 0.656. The van der Waals surface area contributed by atoms with Crippen LogP contribution in [0.15, 0.2) is 33.2 Å². The molecule has 0 saturated carbocycles. The van der Waals surface area contributed by atoms with Crippen molar-refractivity contribution >= 4 is 11.8 Å². The van der Waals surface area contributed by atoms with Crippen LogP contribution in [0, 0.1) is 13.8 Å². The van der Waals surface area contributed by atoms with E-state index in [0.29, 0.717) is 35.7 Å². The fraction of sp³-hybridized carbons (Fsp3) is 0.375. The van der Waals surface area contributed by atoms with Crippen LogP contribution in [0.2, 0.25) is 0 Å². The summed E-state index contributed by atoms with van der Waals surface area (Å²) in [5.41, 5.74) is 2.42. The second-order valence-corrected chi connectivity index (χ2v) is 6.65. The number of benzene rings is 1. The van der Waals surface area contributed by atoms with Gasteiger partial charge in [0.25, 0.3) is 0 Å². The molecule has 0 saturated heterocycles. The first-order valence-corrected chi connectivity index (χ1v) is 8.44. The van der Waals surface area contributed by atoms with E-state index in [1.54, 1.807) is 18.7 Å². The number of hydrogen-bond acceptors (Lipinski definition) is 7. The Morgan fingerprint density at radius 1 is 1.13 bits per heavy atom. The van der Waals surface area contributed by atoms with Gasteiger partial charge in [-0.1, -0.05) is 29.4 Å². The van der Waals surface area contributed by atoms with Crippen molar-refractivity contribution in [2.75, 3.05) is 0 Å². The van der Waals surface area contributed by atoms with Gasteiger partial charge >= 0.3 is 0 Å². The minimum absolute atomic E-state index is 0.0860. The summed E-state index contributed by atoms with van der Waals surface area (Å²) >= 11 is 1.63. The van der Waals surface area contributed by atoms with Crippen molar-refractivity contribution in [2.45, 2.75) is 38.2 Å². The zero-order chi connectivity index (χ0) is 16.2. The summed E-state index contributed by atoms with van der Waals surface area (Å²) < 4.78 is 10.9. The average molecular weight is 330 g/mol. The van der Waals surface area contributed by atoms with Gasteiger partial charge in [0.15, 0.2) is 5.82 Å². The standard InChI is InChI=1S/C16H18N4O2S/c1-10-6-4-5-7-13(10)8-14-18-19-15(21-14)9-23-11(2)16-17-12(3)20-22-16/h4-7,11H,8-9H2,1-3H3. The highest BCUT2D eigenvalue weighted by Gasteiger charge is 2.15. The number of aromatic nitrogens is 4. The first kappa shape index (κ1) is 15.7. The lowest BCUT2D eigenvalue weighted by Gasteiger charge is -2.03. The van der Waals surface area contributed by atoms with E-state index in [1.165, 1.54) is 11.1 Å². The fourth-order valence-electron chi connectivity index (χ4n) is 2.14. The van der Waals surface area contributed by atoms with Crippen molar-refractivity contribution in [1.29, 1.82) is 0 Å². The van der Waals surface area contributed by atoms with Crippen LogP contribution in [-0.4, -0.2) is 20.3 Å². The number of hydrogen-bond donors (Lipinski definition) is 0. The molecule has 23 heavy (non-hydrogen) atoms. The molecule has 7 heteroatoms. The Morgan fingerprint density at radius 2 is 1.91 bits per heavy atom. The van der Waals surface area contributed by atoms with Gasteiger partial charge in [-0.2, -0.15) is 4.98 Å². The third-order valence-electron chi connectivity index (χ3n) is 3.46. The highest BCUT2D eigenvalue weighted by molar-refractivity contribution is 7.98. The molecule has 0 radical (unpaired) electrons. The Labute approximate surface area is 138 Å². The van der Waals surface area contributed by atoms with Crippen LogP contribution in [0.3, 0.4) is 0 Å². The van der Waals surface area contributed by atoms with Crippen molar-refractivity contribution in [1.82, 2.24) is 20.3 Å². The van der Waals surface area contributed by atoms with Gasteiger partial charge in [-0.3, -0.25) is 0 Å². The van der Waals surface area contributed by atoms with Crippen LogP contribution in [-0.2, 0) is 12.2 Å². The van der Waals surface area contributed by atoms with Crippen molar-refractivity contribution < 1.29 is 8.94 Å². The van der Waals surface area contributed by atoms with Gasteiger partial charge < -0.3 is 8.94 Å². The third-order valence-corrected chi connectivity index (χ3v) is 4.57. The zero-order valence-electron chi connectivity index (χ0n) is 13.3. The fourth-order valence-corrected chi connectivity index (χ4v) is 2.88. The van der Waals surface area contributed by atoms with Crippen molar-refractivity contribution in [3.05, 3.63) is 58.9 Å². The van der Waals surface area contributed by atoms with E-state index < -0.39 is 0 Å². The molecule has 1 unspecified atom stereocenters. The maximum atomic E-state index is 5.72. The first-order valence-electron chi connectivity index (χ1n) is 7.39. The van der Waals surface area contributed by atoms with Crippen LogP contribution in [0.5, 0.6) is 0 Å². The number of nitrogens with zero attached hydrogens (tertiary/aromatic N) is 4. The van der Waals surface area contributed by atoms with Crippen LogP contribution in [0.25, 0.3) is 0 Å². The molecule has 0 N–H and O–H groups in total. The Balaban J connectivity index is 1.58. The first-order chi connectivity index (χ1) is 11.1. The zero-order valence-corrected chi connectivity index (χ0v) is 14.1. The third kappa shape index (κ3) is 3.98. The van der Waals surface area contributed by atoms with Crippen LogP contribution in [0.4, 0.5) is 0 Å². The molecule has 1 atom stereocenters. The smallest absolute Gasteiger partial charge is 0.239 e. The molecule has 120 valence electrons. The molecule has 2 heterocycles. The van der Waals surface area contributed by atoms with Gasteiger partial charge in [0.1, 0.15) is 0 Å². The summed E-state index contributed by atoms with van der Waals surface area (Å²) in [7, 11) is 0. The van der Waals surface area contributed by atoms with Crippen LogP contribution < -0.4 is 0 Å². The Kier molecular flexibility index (Phi) is 4.76. The average Bonchev–Trinajstić information content (AvgIpc) is 3.16. The predicted molar refractivity (Wildman–Crippen MR) is 87.0 cm³/mol. The summed E-state index contributed by atoms with van der Waals surface area (Å²) in [6, 6.07) is 8.20. The maximum absolute atomic E-state index is 5.72. The van der Waals surface area contributed by atoms with Crippen molar-refractivity contribution in [3.8, 4) is 0 Å². The molecule has 0 bridgehead atoms. The Bertz CT molecular complexity index is 784. The topological polar surface area (TPSA) is 77.8 Å². The number of aryl methyl sites for hydroxylation is 2. The summed E-state index contributed by atoms with van der Waals surface area (Å²) in [6.45, 7) is 5.90. The molecule has 3 rings (SSSR count). The van der Waals surface area contributed by atoms with Gasteiger partial charge in [-0.05, 0) is 31.9 Å². The Hall–Kier alpha value is -2.15. The van der Waals surface area contributed by atoms with Crippen LogP contribution in [0.1, 0.15) is 46.8 Å². The van der Waals surface area contributed by atoms with E-state index >= 15 is 0 Å². The minimum atomic E-state index is 0.0860. The Morgan fingerprint density at radius 3 is 2.65 bits per heavy atom. The van der Waals surface area contributed by atoms with Gasteiger partial charge in [-0.15, -0.1) is 22.0 Å². The largest absolute Gasteiger partial charge is 0.424 e. The van der Waals surface area contributed by atoms with E-state index in [9.17, 15) is 0 Å². The summed E-state index contributed by atoms with van der Waals surface area (Å²) in [5.74, 6) is 3.12. The number of thioether (sulfide) groups is 1. The molecule has 0 amide bonds. The molecular formula is C16H18N4O2S. The van der Waals surface area contributed by atoms with Gasteiger partial charge in [0.2, 0.25) is 17.7 Å². The molecular weight excluding hydrogens is 312 g/mol. The monoisotopic (exact) mass is 330 g/mol. The van der Waals surface area contributed by atoms with Crippen molar-refractivity contribution in [3.63, 3.8) is 0 Å². The van der Waals surface area contributed by atoms with E-state index in [1.807, 2.05) is 19.1 Å². The molecule has 0 fully saturated rings. The SMILES string of the molecule is Cc1noc(C(C)SCc2nnc(Cc3ccccc3C)o2)n1. The summed E-state index contributed by atoms with van der Waals surface area (Å²) in [5, 5.41) is 12.1. The highest BCUT2D eigenvalue weighted by Crippen LogP contribution is 2.29. The molecule has 1 aromatic carbocycles. The highest BCUT2D eigenvalue weighted by atomic mass is 32.2. The molecule has 0 aliphatic heterocycles. The second kappa shape index (κ2) is 6.95. The predicted octanol–water partition coefficient (Wildman–Crippen LogP) is 3.65. The number of rotatable bonds is 6. The molecule has 3 aromatic rings. The molecule has 0 aliphatic carbocycles. The van der Waals surface area contributed by atoms with Crippen molar-refractivity contribution in [2.24, 2.45) is 0 Å². The maximum Gasteiger partial charge on any atom is 0.239 e.